The lowest BCUT2D eigenvalue weighted by atomic mass is 9.99. The van der Waals surface area contributed by atoms with Gasteiger partial charge in [-0.2, -0.15) is 0 Å². The highest BCUT2D eigenvalue weighted by atomic mass is 16.5. The number of methoxy groups -OCH3 is 1. The molecule has 1 aliphatic rings. The Kier molecular flexibility index (Phi) is 4.67. The zero-order chi connectivity index (χ0) is 15.4. The molecule has 0 saturated carbocycles. The SMILES string of the molecule is CNC(=O)C1CCCCN1C(=O)c1cccc(OC)c1O. The molecule has 6 heteroatoms. The summed E-state index contributed by atoms with van der Waals surface area (Å²) in [6, 6.07) is 4.28. The summed E-state index contributed by atoms with van der Waals surface area (Å²) < 4.78 is 5.02. The van der Waals surface area contributed by atoms with Crippen LogP contribution in [0.25, 0.3) is 0 Å². The molecule has 1 saturated heterocycles. The Bertz CT molecular complexity index is 544. The first-order valence-corrected chi connectivity index (χ1v) is 6.98. The Hall–Kier alpha value is -2.24. The molecule has 1 atom stereocenters. The van der Waals surface area contributed by atoms with Gasteiger partial charge in [-0.3, -0.25) is 9.59 Å². The van der Waals surface area contributed by atoms with Gasteiger partial charge in [-0.15, -0.1) is 0 Å². The zero-order valence-corrected chi connectivity index (χ0v) is 12.3. The van der Waals surface area contributed by atoms with Gasteiger partial charge in [0.05, 0.1) is 12.7 Å². The molecule has 2 N–H and O–H groups in total. The van der Waals surface area contributed by atoms with Gasteiger partial charge in [0.1, 0.15) is 6.04 Å². The molecule has 0 radical (unpaired) electrons. The van der Waals surface area contributed by atoms with Gasteiger partial charge in [0, 0.05) is 13.6 Å². The summed E-state index contributed by atoms with van der Waals surface area (Å²) >= 11 is 0. The lowest BCUT2D eigenvalue weighted by Crippen LogP contribution is -2.51. The highest BCUT2D eigenvalue weighted by molar-refractivity contribution is 6.00. The van der Waals surface area contributed by atoms with Gasteiger partial charge in [0.15, 0.2) is 11.5 Å². The Morgan fingerprint density at radius 1 is 1.38 bits per heavy atom. The topological polar surface area (TPSA) is 78.9 Å². The third-order valence-electron chi connectivity index (χ3n) is 3.76. The standard InChI is InChI=1S/C15H20N2O4/c1-16-14(19)11-7-3-4-9-17(11)15(20)10-6-5-8-12(21-2)13(10)18/h5-6,8,11,18H,3-4,7,9H2,1-2H3,(H,16,19). The Morgan fingerprint density at radius 3 is 2.81 bits per heavy atom. The molecule has 1 aromatic carbocycles. The molecule has 1 aromatic rings. The molecule has 1 fully saturated rings. The number of phenolic OH excluding ortho intramolecular Hbond substituents is 1. The number of likely N-dealkylation sites (N-methyl/N-ethyl adjacent to an activating group) is 1. The monoisotopic (exact) mass is 292 g/mol. The zero-order valence-electron chi connectivity index (χ0n) is 12.3. The van der Waals surface area contributed by atoms with Crippen molar-refractivity contribution >= 4 is 11.8 Å². The molecule has 6 nitrogen and oxygen atoms in total. The van der Waals surface area contributed by atoms with Crippen LogP contribution in [-0.2, 0) is 4.79 Å². The number of para-hydroxylation sites is 1. The number of benzene rings is 1. The predicted octanol–water partition coefficient (Wildman–Crippen LogP) is 1.14. The lowest BCUT2D eigenvalue weighted by Gasteiger charge is -2.34. The van der Waals surface area contributed by atoms with Crippen LogP contribution in [-0.4, -0.2) is 48.6 Å². The molecule has 21 heavy (non-hydrogen) atoms. The number of hydrogen-bond donors (Lipinski definition) is 2. The van der Waals surface area contributed by atoms with E-state index in [4.69, 9.17) is 4.74 Å². The second-order valence-corrected chi connectivity index (χ2v) is 4.98. The maximum Gasteiger partial charge on any atom is 0.258 e. The largest absolute Gasteiger partial charge is 0.504 e. The molecule has 114 valence electrons. The van der Waals surface area contributed by atoms with Crippen molar-refractivity contribution in [2.24, 2.45) is 0 Å². The smallest absolute Gasteiger partial charge is 0.258 e. The van der Waals surface area contributed by atoms with E-state index in [2.05, 4.69) is 5.32 Å². The van der Waals surface area contributed by atoms with Gasteiger partial charge < -0.3 is 20.1 Å². The van der Waals surface area contributed by atoms with Gasteiger partial charge in [0.2, 0.25) is 5.91 Å². The van der Waals surface area contributed by atoms with Gasteiger partial charge in [0.25, 0.3) is 5.91 Å². The molecule has 0 aromatic heterocycles. The molecule has 2 amide bonds. The van der Waals surface area contributed by atoms with Crippen LogP contribution >= 0.6 is 0 Å². The van der Waals surface area contributed by atoms with E-state index in [0.717, 1.165) is 12.8 Å². The number of piperidine rings is 1. The average Bonchev–Trinajstić information content (AvgIpc) is 2.53. The fourth-order valence-corrected chi connectivity index (χ4v) is 2.63. The number of aromatic hydroxyl groups is 1. The van der Waals surface area contributed by atoms with Gasteiger partial charge in [-0.1, -0.05) is 6.07 Å². The summed E-state index contributed by atoms with van der Waals surface area (Å²) in [5, 5.41) is 12.7. The van der Waals surface area contributed by atoms with Crippen molar-refractivity contribution in [2.45, 2.75) is 25.3 Å². The number of hydrogen-bond acceptors (Lipinski definition) is 4. The third-order valence-corrected chi connectivity index (χ3v) is 3.76. The summed E-state index contributed by atoms with van der Waals surface area (Å²) in [4.78, 5) is 26.1. The Balaban J connectivity index is 2.31. The number of rotatable bonds is 3. The second kappa shape index (κ2) is 6.47. The maximum atomic E-state index is 12.6. The second-order valence-electron chi connectivity index (χ2n) is 4.98. The average molecular weight is 292 g/mol. The predicted molar refractivity (Wildman–Crippen MR) is 77.4 cm³/mol. The van der Waals surface area contributed by atoms with Gasteiger partial charge in [-0.25, -0.2) is 0 Å². The van der Waals surface area contributed by atoms with E-state index in [1.165, 1.54) is 18.1 Å². The molecule has 1 unspecified atom stereocenters. The number of carbonyl (C=O) groups is 2. The Labute approximate surface area is 123 Å². The van der Waals surface area contributed by atoms with Crippen molar-refractivity contribution in [3.63, 3.8) is 0 Å². The van der Waals surface area contributed by atoms with Crippen LogP contribution in [0.3, 0.4) is 0 Å². The highest BCUT2D eigenvalue weighted by Crippen LogP contribution is 2.31. The number of phenols is 1. The number of likely N-dealkylation sites (tertiary alicyclic amines) is 1. The first-order valence-electron chi connectivity index (χ1n) is 6.98. The number of amides is 2. The van der Waals surface area contributed by atoms with Crippen LogP contribution in [0.5, 0.6) is 11.5 Å². The number of nitrogens with one attached hydrogen (secondary N) is 1. The quantitative estimate of drug-likeness (QED) is 0.875. The van der Waals surface area contributed by atoms with Crippen molar-refractivity contribution in [3.05, 3.63) is 23.8 Å². The number of nitrogens with zero attached hydrogens (tertiary/aromatic N) is 1. The molecular weight excluding hydrogens is 272 g/mol. The first-order chi connectivity index (χ1) is 10.1. The normalized spacial score (nSPS) is 18.2. The van der Waals surface area contributed by atoms with Crippen molar-refractivity contribution in [1.82, 2.24) is 10.2 Å². The van der Waals surface area contributed by atoms with E-state index in [9.17, 15) is 14.7 Å². The van der Waals surface area contributed by atoms with Crippen LogP contribution in [0.2, 0.25) is 0 Å². The van der Waals surface area contributed by atoms with E-state index in [1.807, 2.05) is 0 Å². The Morgan fingerprint density at radius 2 is 2.14 bits per heavy atom. The van der Waals surface area contributed by atoms with Crippen molar-refractivity contribution in [2.75, 3.05) is 20.7 Å². The number of carbonyl (C=O) groups excluding carboxylic acids is 2. The van der Waals surface area contributed by atoms with E-state index in [-0.39, 0.29) is 28.9 Å². The number of ether oxygens (including phenoxy) is 1. The molecule has 1 heterocycles. The van der Waals surface area contributed by atoms with E-state index < -0.39 is 6.04 Å². The highest BCUT2D eigenvalue weighted by Gasteiger charge is 2.33. The van der Waals surface area contributed by atoms with Crippen LogP contribution in [0, 0.1) is 0 Å². The van der Waals surface area contributed by atoms with E-state index >= 15 is 0 Å². The van der Waals surface area contributed by atoms with Crippen molar-refractivity contribution in [1.29, 1.82) is 0 Å². The molecule has 1 aliphatic heterocycles. The minimum absolute atomic E-state index is 0.158. The summed E-state index contributed by atoms with van der Waals surface area (Å²) in [6.45, 7) is 0.508. The van der Waals surface area contributed by atoms with Gasteiger partial charge >= 0.3 is 0 Å². The van der Waals surface area contributed by atoms with E-state index in [1.54, 1.807) is 19.2 Å². The summed E-state index contributed by atoms with van der Waals surface area (Å²) in [5.74, 6) is -0.467. The van der Waals surface area contributed by atoms with Crippen LogP contribution in [0.15, 0.2) is 18.2 Å². The lowest BCUT2D eigenvalue weighted by molar-refractivity contribution is -0.126. The molecular formula is C15H20N2O4. The molecule has 0 bridgehead atoms. The summed E-state index contributed by atoms with van der Waals surface area (Å²) in [6.07, 6.45) is 2.39. The van der Waals surface area contributed by atoms with Crippen LogP contribution in [0.1, 0.15) is 29.6 Å². The molecule has 0 spiro atoms. The van der Waals surface area contributed by atoms with Crippen molar-refractivity contribution < 1.29 is 19.4 Å². The maximum absolute atomic E-state index is 12.6. The first kappa shape index (κ1) is 15.2. The van der Waals surface area contributed by atoms with E-state index in [0.29, 0.717) is 13.0 Å². The third kappa shape index (κ3) is 2.94. The minimum atomic E-state index is -0.484. The van der Waals surface area contributed by atoms with Crippen molar-refractivity contribution in [3.8, 4) is 11.5 Å². The van der Waals surface area contributed by atoms with Gasteiger partial charge in [-0.05, 0) is 31.4 Å². The fourth-order valence-electron chi connectivity index (χ4n) is 2.63. The summed E-state index contributed by atoms with van der Waals surface area (Å²) in [5.41, 5.74) is 0.158. The van der Waals surface area contributed by atoms with Crippen LogP contribution in [0.4, 0.5) is 0 Å². The minimum Gasteiger partial charge on any atom is -0.504 e. The molecule has 2 rings (SSSR count). The van der Waals surface area contributed by atoms with Crippen LogP contribution < -0.4 is 10.1 Å². The summed E-state index contributed by atoms with van der Waals surface area (Å²) in [7, 11) is 2.99. The fraction of sp³-hybridized carbons (Fsp3) is 0.467. The molecule has 0 aliphatic carbocycles.